The number of amides is 1. The van der Waals surface area contributed by atoms with E-state index < -0.39 is 5.56 Å². The van der Waals surface area contributed by atoms with E-state index in [-0.39, 0.29) is 34.4 Å². The van der Waals surface area contributed by atoms with Crippen LogP contribution in [0.25, 0.3) is 0 Å². The fourth-order valence-corrected chi connectivity index (χ4v) is 2.94. The minimum absolute atomic E-state index is 0.0690. The highest BCUT2D eigenvalue weighted by Gasteiger charge is 2.31. The molecule has 2 N–H and O–H groups in total. The van der Waals surface area contributed by atoms with Gasteiger partial charge in [0, 0.05) is 19.7 Å². The van der Waals surface area contributed by atoms with E-state index >= 15 is 0 Å². The molecule has 0 atom stereocenters. The lowest BCUT2D eigenvalue weighted by Gasteiger charge is -2.09. The Hall–Kier alpha value is -3.11. The van der Waals surface area contributed by atoms with Gasteiger partial charge in [-0.1, -0.05) is 18.2 Å². The topological polar surface area (TPSA) is 112 Å². The molecule has 2 aromatic rings. The summed E-state index contributed by atoms with van der Waals surface area (Å²) in [6.07, 6.45) is 1.09. The Morgan fingerprint density at radius 2 is 2.07 bits per heavy atom. The number of methoxy groups -OCH3 is 1. The van der Waals surface area contributed by atoms with Gasteiger partial charge in [-0.2, -0.15) is 5.10 Å². The predicted octanol–water partition coefficient (Wildman–Crippen LogP) is 1.06. The molecule has 0 unspecified atom stereocenters. The van der Waals surface area contributed by atoms with Crippen LogP contribution in [0, 0.1) is 4.77 Å². The van der Waals surface area contributed by atoms with Gasteiger partial charge in [-0.15, -0.1) is 5.10 Å². The number of aromatic nitrogens is 2. The fraction of sp³-hybridized carbons (Fsp3) is 0.235. The summed E-state index contributed by atoms with van der Waals surface area (Å²) in [6, 6.07) is 7.18. The molecule has 0 saturated carbocycles. The van der Waals surface area contributed by atoms with Crippen molar-refractivity contribution in [3.8, 4) is 5.88 Å². The predicted molar refractivity (Wildman–Crippen MR) is 103 cm³/mol. The van der Waals surface area contributed by atoms with Crippen molar-refractivity contribution in [2.45, 2.75) is 6.54 Å². The lowest BCUT2D eigenvalue weighted by molar-refractivity contribution is -0.111. The summed E-state index contributed by atoms with van der Waals surface area (Å²) in [6.45, 7) is 0.550. The molecule has 0 radical (unpaired) electrons. The zero-order valence-electron chi connectivity index (χ0n) is 14.7. The highest BCUT2D eigenvalue weighted by atomic mass is 32.1. The monoisotopic (exact) mass is 387 g/mol. The highest BCUT2D eigenvalue weighted by molar-refractivity contribution is 7.71. The molecule has 0 spiro atoms. The molecule has 0 fully saturated rings. The van der Waals surface area contributed by atoms with Gasteiger partial charge >= 0.3 is 0 Å². The summed E-state index contributed by atoms with van der Waals surface area (Å²) in [5, 5.41) is 18.1. The summed E-state index contributed by atoms with van der Waals surface area (Å²) >= 11 is 5.04. The molecule has 10 heteroatoms. The number of aromatic amines is 1. The number of carbonyl (C=O) groups excluding carboxylic acids is 1. The average Bonchev–Trinajstić information content (AvgIpc) is 2.89. The smallest absolute Gasteiger partial charge is 0.279 e. The summed E-state index contributed by atoms with van der Waals surface area (Å²) in [7, 11) is 3.16. The van der Waals surface area contributed by atoms with Crippen LogP contribution in [-0.4, -0.2) is 53.3 Å². The first-order valence-electron chi connectivity index (χ1n) is 7.99. The van der Waals surface area contributed by atoms with Crippen molar-refractivity contribution in [2.24, 2.45) is 10.2 Å². The Kier molecular flexibility index (Phi) is 5.28. The summed E-state index contributed by atoms with van der Waals surface area (Å²) in [5.74, 6) is -0.650. The third-order valence-corrected chi connectivity index (χ3v) is 4.42. The minimum Gasteiger partial charge on any atom is -0.494 e. The van der Waals surface area contributed by atoms with E-state index in [1.165, 1.54) is 16.6 Å². The lowest BCUT2D eigenvalue weighted by atomic mass is 10.1. The Morgan fingerprint density at radius 3 is 2.81 bits per heavy atom. The largest absolute Gasteiger partial charge is 0.494 e. The van der Waals surface area contributed by atoms with E-state index in [9.17, 15) is 14.7 Å². The normalized spacial score (nSPS) is 15.1. The van der Waals surface area contributed by atoms with Crippen LogP contribution in [-0.2, 0) is 16.1 Å². The van der Waals surface area contributed by atoms with Crippen molar-refractivity contribution < 1.29 is 14.6 Å². The van der Waals surface area contributed by atoms with Gasteiger partial charge in [0.05, 0.1) is 25.1 Å². The number of carbonyl (C=O) groups is 1. The van der Waals surface area contributed by atoms with E-state index in [4.69, 9.17) is 17.0 Å². The van der Waals surface area contributed by atoms with Crippen molar-refractivity contribution in [3.63, 3.8) is 0 Å². The molecular weight excluding hydrogens is 370 g/mol. The van der Waals surface area contributed by atoms with E-state index in [0.717, 1.165) is 11.9 Å². The Morgan fingerprint density at radius 1 is 1.33 bits per heavy atom. The van der Waals surface area contributed by atoms with Crippen molar-refractivity contribution >= 4 is 35.7 Å². The number of fused-ring (bicyclic) bond motifs is 1. The molecule has 9 nitrogen and oxygen atoms in total. The van der Waals surface area contributed by atoms with E-state index in [1.54, 1.807) is 25.2 Å². The number of hydrogen-bond acceptors (Lipinski definition) is 7. The van der Waals surface area contributed by atoms with Gasteiger partial charge in [-0.05, 0) is 18.3 Å². The SMILES string of the molecule is COCCn1c(O)c(/C=N/N=C2\C(=O)N(C)c3ccccc32)c(=O)[nH]c1=S. The maximum atomic E-state index is 12.3. The quantitative estimate of drug-likeness (QED) is 0.453. The third-order valence-electron chi connectivity index (χ3n) is 4.10. The zero-order chi connectivity index (χ0) is 19.6. The number of H-pyrrole nitrogens is 1. The number of nitrogens with zero attached hydrogens (tertiary/aromatic N) is 4. The first-order valence-corrected chi connectivity index (χ1v) is 8.40. The van der Waals surface area contributed by atoms with Gasteiger partial charge in [-0.3, -0.25) is 19.1 Å². The van der Waals surface area contributed by atoms with E-state index in [0.29, 0.717) is 12.2 Å². The number of nitrogens with one attached hydrogen (secondary N) is 1. The Balaban J connectivity index is 1.98. The number of benzene rings is 1. The standard InChI is InChI=1S/C17H17N5O4S/c1-21-12-6-4-3-5-10(12)13(16(21)25)20-18-9-11-14(23)19-17(27)22(15(11)24)7-8-26-2/h3-6,9,24H,7-8H2,1-2H3,(H,19,23,27)/b18-9+,20-13-. The van der Waals surface area contributed by atoms with Crippen molar-refractivity contribution in [3.05, 3.63) is 50.5 Å². The molecule has 1 aromatic carbocycles. The van der Waals surface area contributed by atoms with Crippen molar-refractivity contribution in [1.29, 1.82) is 0 Å². The van der Waals surface area contributed by atoms with Gasteiger partial charge < -0.3 is 14.7 Å². The Bertz CT molecular complexity index is 1070. The molecule has 0 bridgehead atoms. The van der Waals surface area contributed by atoms with Crippen LogP contribution in [0.15, 0.2) is 39.3 Å². The lowest BCUT2D eigenvalue weighted by Crippen LogP contribution is -2.25. The van der Waals surface area contributed by atoms with Crippen LogP contribution in [0.1, 0.15) is 11.1 Å². The fourth-order valence-electron chi connectivity index (χ4n) is 2.67. The highest BCUT2D eigenvalue weighted by Crippen LogP contribution is 2.27. The maximum Gasteiger partial charge on any atom is 0.279 e. The number of likely N-dealkylation sites (N-methyl/N-ethyl adjacent to an activating group) is 1. The molecule has 1 aliphatic rings. The summed E-state index contributed by atoms with van der Waals surface area (Å²) < 4.78 is 6.35. The second-order valence-corrected chi connectivity index (χ2v) is 6.10. The van der Waals surface area contributed by atoms with Crippen LogP contribution in [0.2, 0.25) is 0 Å². The van der Waals surface area contributed by atoms with Gasteiger partial charge in [-0.25, -0.2) is 0 Å². The van der Waals surface area contributed by atoms with Gasteiger partial charge in [0.25, 0.3) is 11.5 Å². The molecule has 27 heavy (non-hydrogen) atoms. The number of hydrogen-bond donors (Lipinski definition) is 2. The second kappa shape index (κ2) is 7.64. The maximum absolute atomic E-state index is 12.3. The van der Waals surface area contributed by atoms with Crippen LogP contribution in [0.4, 0.5) is 5.69 Å². The summed E-state index contributed by atoms with van der Waals surface area (Å²) in [5.41, 5.74) is 0.815. The second-order valence-electron chi connectivity index (χ2n) is 5.72. The molecule has 1 aromatic heterocycles. The average molecular weight is 387 g/mol. The molecule has 2 heterocycles. The van der Waals surface area contributed by atoms with E-state index in [2.05, 4.69) is 15.2 Å². The van der Waals surface area contributed by atoms with Crippen molar-refractivity contribution in [2.75, 3.05) is 25.7 Å². The Labute approximate surface area is 159 Å². The van der Waals surface area contributed by atoms with Crippen LogP contribution in [0.5, 0.6) is 5.88 Å². The van der Waals surface area contributed by atoms with E-state index in [1.807, 2.05) is 6.07 Å². The molecule has 1 aliphatic heterocycles. The van der Waals surface area contributed by atoms with Crippen LogP contribution >= 0.6 is 12.2 Å². The van der Waals surface area contributed by atoms with Gasteiger partial charge in [0.15, 0.2) is 10.5 Å². The number of aromatic hydroxyl groups is 1. The molecule has 0 aliphatic carbocycles. The minimum atomic E-state index is -0.606. The third kappa shape index (κ3) is 3.44. The van der Waals surface area contributed by atoms with Crippen LogP contribution in [0.3, 0.4) is 0 Å². The molecule has 1 amide bonds. The number of anilines is 1. The number of para-hydroxylation sites is 1. The first-order chi connectivity index (χ1) is 13.0. The van der Waals surface area contributed by atoms with Crippen LogP contribution < -0.4 is 10.5 Å². The molecular formula is C17H17N5O4S. The van der Waals surface area contributed by atoms with Gasteiger partial charge in [0.2, 0.25) is 5.88 Å². The first kappa shape index (κ1) is 18.7. The number of rotatable bonds is 5. The molecule has 0 saturated heterocycles. The zero-order valence-corrected chi connectivity index (χ0v) is 15.5. The number of ether oxygens (including phenoxy) is 1. The molecule has 3 rings (SSSR count). The van der Waals surface area contributed by atoms with Gasteiger partial charge in [0.1, 0.15) is 5.56 Å². The molecule has 140 valence electrons. The summed E-state index contributed by atoms with van der Waals surface area (Å²) in [4.78, 5) is 28.3. The van der Waals surface area contributed by atoms with Crippen molar-refractivity contribution in [1.82, 2.24) is 9.55 Å².